The highest BCUT2D eigenvalue weighted by Crippen LogP contribution is 2.19. The highest BCUT2D eigenvalue weighted by atomic mass is 32.2. The molecule has 2 N–H and O–H groups in total. The third-order valence-corrected chi connectivity index (χ3v) is 5.32. The second-order valence-corrected chi connectivity index (χ2v) is 6.87. The summed E-state index contributed by atoms with van der Waals surface area (Å²) in [6, 6.07) is 2.98. The fraction of sp³-hybridized carbons (Fsp3) is 0.100. The van der Waals surface area contributed by atoms with Crippen molar-refractivity contribution in [1.29, 1.82) is 0 Å². The molecular formula is C10H9NO4S3. The van der Waals surface area contributed by atoms with Gasteiger partial charge < -0.3 is 5.11 Å². The lowest BCUT2D eigenvalue weighted by molar-refractivity contribution is 0.0702. The topological polar surface area (TPSA) is 83.5 Å². The van der Waals surface area contributed by atoms with Gasteiger partial charge in [0.2, 0.25) is 10.0 Å². The lowest BCUT2D eigenvalue weighted by Gasteiger charge is -2.02. The largest absolute Gasteiger partial charge is 0.477 e. The number of rotatable bonds is 5. The Bertz CT molecular complexity index is 642. The van der Waals surface area contributed by atoms with Crippen molar-refractivity contribution < 1.29 is 18.3 Å². The van der Waals surface area contributed by atoms with Crippen molar-refractivity contribution in [2.24, 2.45) is 0 Å². The Labute approximate surface area is 112 Å². The molecular weight excluding hydrogens is 294 g/mol. The van der Waals surface area contributed by atoms with Crippen LogP contribution in [-0.2, 0) is 16.6 Å². The predicted molar refractivity (Wildman–Crippen MR) is 69.6 cm³/mol. The Morgan fingerprint density at radius 2 is 2.17 bits per heavy atom. The quantitative estimate of drug-likeness (QED) is 0.884. The molecule has 0 radical (unpaired) electrons. The maximum absolute atomic E-state index is 11.9. The van der Waals surface area contributed by atoms with E-state index in [1.54, 1.807) is 0 Å². The van der Waals surface area contributed by atoms with Gasteiger partial charge in [0.25, 0.3) is 0 Å². The second-order valence-electron chi connectivity index (χ2n) is 3.41. The highest BCUT2D eigenvalue weighted by Gasteiger charge is 2.18. The Hall–Kier alpha value is -1.22. The molecule has 0 aliphatic rings. The maximum Gasteiger partial charge on any atom is 0.345 e. The van der Waals surface area contributed by atoms with Crippen molar-refractivity contribution in [2.75, 3.05) is 0 Å². The van der Waals surface area contributed by atoms with E-state index in [-0.39, 0.29) is 16.3 Å². The summed E-state index contributed by atoms with van der Waals surface area (Å²) in [5.74, 6) is -1.13. The Morgan fingerprint density at radius 1 is 1.39 bits per heavy atom. The summed E-state index contributed by atoms with van der Waals surface area (Å²) in [6.45, 7) is 0.198. The lowest BCUT2D eigenvalue weighted by atomic mass is 10.4. The van der Waals surface area contributed by atoms with E-state index in [0.717, 1.165) is 23.0 Å². The standard InChI is InChI=1S/C10H9NO4S3/c12-10(13)9-3-8(6-17-9)18(14,15)11-4-7-1-2-16-5-7/h1-3,5-6,11H,4H2,(H,12,13). The number of hydrogen-bond donors (Lipinski definition) is 2. The van der Waals surface area contributed by atoms with Crippen molar-refractivity contribution in [3.05, 3.63) is 38.7 Å². The minimum absolute atomic E-state index is 0.00547. The molecule has 0 amide bonds. The van der Waals surface area contributed by atoms with Crippen LogP contribution in [0, 0.1) is 0 Å². The number of nitrogens with one attached hydrogen (secondary N) is 1. The van der Waals surface area contributed by atoms with Crippen LogP contribution in [0.15, 0.2) is 33.2 Å². The minimum atomic E-state index is -3.65. The molecule has 0 unspecified atom stereocenters. The summed E-state index contributed by atoms with van der Waals surface area (Å²) < 4.78 is 26.2. The zero-order valence-electron chi connectivity index (χ0n) is 8.99. The molecule has 96 valence electrons. The number of carbonyl (C=O) groups is 1. The van der Waals surface area contributed by atoms with Gasteiger partial charge in [0, 0.05) is 11.9 Å². The van der Waals surface area contributed by atoms with Gasteiger partial charge >= 0.3 is 5.97 Å². The van der Waals surface area contributed by atoms with Crippen LogP contribution in [0.4, 0.5) is 0 Å². The molecule has 0 saturated carbocycles. The number of sulfonamides is 1. The summed E-state index contributed by atoms with van der Waals surface area (Å²) in [5.41, 5.74) is 0.872. The van der Waals surface area contributed by atoms with Crippen LogP contribution >= 0.6 is 22.7 Å². The molecule has 5 nitrogen and oxygen atoms in total. The van der Waals surface area contributed by atoms with E-state index < -0.39 is 16.0 Å². The zero-order chi connectivity index (χ0) is 13.2. The van der Waals surface area contributed by atoms with Crippen molar-refractivity contribution >= 4 is 38.7 Å². The summed E-state index contributed by atoms with van der Waals surface area (Å²) in [4.78, 5) is 10.7. The van der Waals surface area contributed by atoms with E-state index in [4.69, 9.17) is 5.11 Å². The molecule has 2 aromatic heterocycles. The molecule has 0 fully saturated rings. The number of carboxylic acid groups (broad SMARTS) is 1. The second kappa shape index (κ2) is 5.19. The molecule has 8 heteroatoms. The number of thiophene rings is 2. The minimum Gasteiger partial charge on any atom is -0.477 e. The summed E-state index contributed by atoms with van der Waals surface area (Å²) in [6.07, 6.45) is 0. The van der Waals surface area contributed by atoms with Gasteiger partial charge in [-0.1, -0.05) is 0 Å². The summed E-state index contributed by atoms with van der Waals surface area (Å²) in [5, 5.41) is 13.8. The molecule has 2 aromatic rings. The first-order chi connectivity index (χ1) is 8.49. The Kier molecular flexibility index (Phi) is 3.81. The van der Waals surface area contributed by atoms with Gasteiger partial charge in [-0.2, -0.15) is 11.3 Å². The third-order valence-electron chi connectivity index (χ3n) is 2.14. The van der Waals surface area contributed by atoms with Crippen LogP contribution in [-0.4, -0.2) is 19.5 Å². The van der Waals surface area contributed by atoms with Crippen LogP contribution in [0.3, 0.4) is 0 Å². The molecule has 0 aliphatic carbocycles. The third kappa shape index (κ3) is 2.96. The van der Waals surface area contributed by atoms with Crippen molar-refractivity contribution in [3.63, 3.8) is 0 Å². The summed E-state index contributed by atoms with van der Waals surface area (Å²) >= 11 is 2.37. The van der Waals surface area contributed by atoms with Crippen LogP contribution in [0.2, 0.25) is 0 Å². The van der Waals surface area contributed by atoms with Crippen LogP contribution < -0.4 is 4.72 Å². The fourth-order valence-corrected chi connectivity index (χ4v) is 4.02. The van der Waals surface area contributed by atoms with Crippen molar-refractivity contribution in [1.82, 2.24) is 4.72 Å². The molecule has 0 saturated heterocycles. The van der Waals surface area contributed by atoms with Gasteiger partial charge in [0.1, 0.15) is 4.88 Å². The molecule has 0 aromatic carbocycles. The highest BCUT2D eigenvalue weighted by molar-refractivity contribution is 7.89. The van der Waals surface area contributed by atoms with E-state index in [2.05, 4.69) is 4.72 Å². The molecule has 2 heterocycles. The van der Waals surface area contributed by atoms with Crippen LogP contribution in [0.25, 0.3) is 0 Å². The number of aromatic carboxylic acids is 1. The van der Waals surface area contributed by atoms with Gasteiger partial charge in [0.05, 0.1) is 4.90 Å². The molecule has 2 rings (SSSR count). The van der Waals surface area contributed by atoms with Gasteiger partial charge in [-0.25, -0.2) is 17.9 Å². The van der Waals surface area contributed by atoms with E-state index in [1.165, 1.54) is 16.7 Å². The monoisotopic (exact) mass is 303 g/mol. The number of carboxylic acids is 1. The van der Waals surface area contributed by atoms with E-state index >= 15 is 0 Å². The van der Waals surface area contributed by atoms with Gasteiger partial charge in [-0.15, -0.1) is 11.3 Å². The molecule has 18 heavy (non-hydrogen) atoms. The van der Waals surface area contributed by atoms with Gasteiger partial charge in [-0.05, 0) is 28.5 Å². The number of hydrogen-bond acceptors (Lipinski definition) is 5. The van der Waals surface area contributed by atoms with Gasteiger partial charge in [0.15, 0.2) is 0 Å². The zero-order valence-corrected chi connectivity index (χ0v) is 11.4. The average Bonchev–Trinajstić information content (AvgIpc) is 2.98. The molecule has 0 spiro atoms. The Balaban J connectivity index is 2.12. The van der Waals surface area contributed by atoms with E-state index in [9.17, 15) is 13.2 Å². The van der Waals surface area contributed by atoms with Gasteiger partial charge in [-0.3, -0.25) is 0 Å². The Morgan fingerprint density at radius 3 is 2.72 bits per heavy atom. The van der Waals surface area contributed by atoms with E-state index in [0.29, 0.717) is 0 Å². The maximum atomic E-state index is 11.9. The lowest BCUT2D eigenvalue weighted by Crippen LogP contribution is -2.22. The average molecular weight is 303 g/mol. The first-order valence-corrected chi connectivity index (χ1v) is 8.12. The van der Waals surface area contributed by atoms with Crippen LogP contribution in [0.1, 0.15) is 15.2 Å². The molecule has 0 bridgehead atoms. The molecule has 0 aliphatic heterocycles. The van der Waals surface area contributed by atoms with Crippen molar-refractivity contribution in [3.8, 4) is 0 Å². The predicted octanol–water partition coefficient (Wildman–Crippen LogP) is 1.99. The molecule has 0 atom stereocenters. The smallest absolute Gasteiger partial charge is 0.345 e. The van der Waals surface area contributed by atoms with Crippen LogP contribution in [0.5, 0.6) is 0 Å². The van der Waals surface area contributed by atoms with Crippen molar-refractivity contribution in [2.45, 2.75) is 11.4 Å². The van der Waals surface area contributed by atoms with E-state index in [1.807, 2.05) is 16.8 Å². The SMILES string of the molecule is O=C(O)c1cc(S(=O)(=O)NCc2ccsc2)cs1. The summed E-state index contributed by atoms with van der Waals surface area (Å²) in [7, 11) is -3.65. The first-order valence-electron chi connectivity index (χ1n) is 4.81. The normalized spacial score (nSPS) is 11.6. The first kappa shape index (κ1) is 13.2. The fourth-order valence-electron chi connectivity index (χ4n) is 1.23.